The van der Waals surface area contributed by atoms with Crippen molar-refractivity contribution < 1.29 is 22.5 Å². The maximum Gasteiger partial charge on any atom is 0.406 e. The van der Waals surface area contributed by atoms with Crippen LogP contribution in [0.1, 0.15) is 18.9 Å². The second-order valence-corrected chi connectivity index (χ2v) is 4.81. The lowest BCUT2D eigenvalue weighted by molar-refractivity contribution is -0.137. The summed E-state index contributed by atoms with van der Waals surface area (Å²) in [7, 11) is 1.04. The second-order valence-electron chi connectivity index (χ2n) is 4.81. The highest BCUT2D eigenvalue weighted by Crippen LogP contribution is 2.18. The monoisotopic (exact) mass is 329 g/mol. The van der Waals surface area contributed by atoms with Crippen LogP contribution in [0, 0.1) is 0 Å². The molecule has 0 saturated heterocycles. The van der Waals surface area contributed by atoms with Crippen molar-refractivity contribution in [2.75, 3.05) is 13.6 Å². The molecule has 7 nitrogen and oxygen atoms in total. The molecular formula is C13H14F3N5O2. The summed E-state index contributed by atoms with van der Waals surface area (Å²) in [6.07, 6.45) is -2.91. The topological polar surface area (TPSA) is 84.2 Å². The summed E-state index contributed by atoms with van der Waals surface area (Å²) < 4.78 is 41.8. The van der Waals surface area contributed by atoms with Crippen LogP contribution in [0.5, 0.6) is 0 Å². The Balaban J connectivity index is 2.00. The molecule has 0 aliphatic heterocycles. The van der Waals surface area contributed by atoms with E-state index in [2.05, 4.69) is 20.4 Å². The lowest BCUT2D eigenvalue weighted by Crippen LogP contribution is -2.43. The number of carbonyl (C=O) groups is 1. The molecule has 2 rings (SSSR count). The molecule has 10 heteroatoms. The maximum atomic E-state index is 12.2. The second kappa shape index (κ2) is 6.63. The Bertz CT molecular complexity index is 659. The molecule has 2 aromatic rings. The molecule has 0 aliphatic rings. The number of nitrogens with zero attached hydrogens (tertiary/aromatic N) is 4. The number of amides is 2. The summed E-state index contributed by atoms with van der Waals surface area (Å²) in [5.74, 6) is 0.296. The highest BCUT2D eigenvalue weighted by atomic mass is 19.4. The average Bonchev–Trinajstić information content (AvgIpc) is 2.96. The van der Waals surface area contributed by atoms with E-state index in [-0.39, 0.29) is 11.7 Å². The summed E-state index contributed by atoms with van der Waals surface area (Å²) >= 11 is 0. The summed E-state index contributed by atoms with van der Waals surface area (Å²) in [6, 6.07) is 3.50. The van der Waals surface area contributed by atoms with E-state index >= 15 is 0 Å². The van der Waals surface area contributed by atoms with Crippen molar-refractivity contribution in [1.29, 1.82) is 0 Å². The Labute approximate surface area is 129 Å². The van der Waals surface area contributed by atoms with Crippen LogP contribution >= 0.6 is 0 Å². The van der Waals surface area contributed by atoms with Gasteiger partial charge < -0.3 is 14.7 Å². The van der Waals surface area contributed by atoms with Crippen molar-refractivity contribution in [2.45, 2.75) is 19.1 Å². The number of hydrogen-bond donors (Lipinski definition) is 1. The van der Waals surface area contributed by atoms with Crippen molar-refractivity contribution in [1.82, 2.24) is 25.3 Å². The fourth-order valence-electron chi connectivity index (χ4n) is 1.71. The van der Waals surface area contributed by atoms with Gasteiger partial charge in [-0.15, -0.1) is 0 Å². The summed E-state index contributed by atoms with van der Waals surface area (Å²) in [4.78, 5) is 20.3. The van der Waals surface area contributed by atoms with Crippen LogP contribution in [0.25, 0.3) is 11.5 Å². The van der Waals surface area contributed by atoms with E-state index in [9.17, 15) is 18.0 Å². The minimum Gasteiger partial charge on any atom is -0.337 e. The van der Waals surface area contributed by atoms with Gasteiger partial charge in [0.15, 0.2) is 0 Å². The normalized spacial score (nSPS) is 12.7. The molecule has 0 fully saturated rings. The van der Waals surface area contributed by atoms with Gasteiger partial charge in [-0.3, -0.25) is 4.98 Å². The number of carbonyl (C=O) groups excluding carboxylic acids is 1. The predicted octanol–water partition coefficient (Wildman–Crippen LogP) is 2.40. The van der Waals surface area contributed by atoms with Crippen molar-refractivity contribution in [3.8, 4) is 11.5 Å². The van der Waals surface area contributed by atoms with E-state index < -0.39 is 24.8 Å². The van der Waals surface area contributed by atoms with Crippen LogP contribution in [-0.4, -0.2) is 45.8 Å². The Morgan fingerprint density at radius 2 is 2.17 bits per heavy atom. The van der Waals surface area contributed by atoms with Gasteiger partial charge in [-0.25, -0.2) is 4.79 Å². The molecule has 2 aromatic heterocycles. The van der Waals surface area contributed by atoms with Gasteiger partial charge in [0.2, 0.25) is 11.7 Å². The van der Waals surface area contributed by atoms with E-state index in [1.807, 2.05) is 0 Å². The van der Waals surface area contributed by atoms with Crippen LogP contribution in [0.3, 0.4) is 0 Å². The zero-order valence-electron chi connectivity index (χ0n) is 12.3. The first-order valence-corrected chi connectivity index (χ1v) is 6.59. The number of alkyl halides is 3. The fraction of sp³-hybridized carbons (Fsp3) is 0.385. The van der Waals surface area contributed by atoms with E-state index in [0.29, 0.717) is 10.6 Å². The highest BCUT2D eigenvalue weighted by Gasteiger charge is 2.32. The number of halogens is 3. The van der Waals surface area contributed by atoms with E-state index in [1.165, 1.54) is 6.92 Å². The summed E-state index contributed by atoms with van der Waals surface area (Å²) in [5.41, 5.74) is 0.482. The molecule has 0 bridgehead atoms. The molecular weight excluding hydrogens is 315 g/mol. The molecule has 124 valence electrons. The van der Waals surface area contributed by atoms with Crippen LogP contribution in [0.4, 0.5) is 18.0 Å². The van der Waals surface area contributed by atoms with E-state index in [1.54, 1.807) is 24.4 Å². The van der Waals surface area contributed by atoms with Crippen molar-refractivity contribution in [3.63, 3.8) is 0 Å². The molecule has 23 heavy (non-hydrogen) atoms. The van der Waals surface area contributed by atoms with Crippen molar-refractivity contribution in [3.05, 3.63) is 30.3 Å². The van der Waals surface area contributed by atoms with Gasteiger partial charge in [0.1, 0.15) is 18.3 Å². The van der Waals surface area contributed by atoms with Gasteiger partial charge in [0, 0.05) is 13.2 Å². The molecule has 2 heterocycles. The minimum absolute atomic E-state index is 0.0689. The number of nitrogens with one attached hydrogen (secondary N) is 1. The summed E-state index contributed by atoms with van der Waals surface area (Å²) in [5, 5.41) is 6.08. The highest BCUT2D eigenvalue weighted by molar-refractivity contribution is 5.74. The molecule has 0 spiro atoms. The van der Waals surface area contributed by atoms with Crippen molar-refractivity contribution in [2.24, 2.45) is 0 Å². The Kier molecular flexibility index (Phi) is 4.82. The van der Waals surface area contributed by atoms with Gasteiger partial charge in [-0.05, 0) is 19.1 Å². The number of aromatic nitrogens is 3. The first kappa shape index (κ1) is 16.7. The number of hydrogen-bond acceptors (Lipinski definition) is 5. The van der Waals surface area contributed by atoms with Gasteiger partial charge in [-0.1, -0.05) is 11.2 Å². The Morgan fingerprint density at radius 3 is 2.78 bits per heavy atom. The van der Waals surface area contributed by atoms with Gasteiger partial charge in [0.25, 0.3) is 0 Å². The molecule has 1 atom stereocenters. The van der Waals surface area contributed by atoms with E-state index in [4.69, 9.17) is 4.52 Å². The van der Waals surface area contributed by atoms with Crippen LogP contribution in [0.15, 0.2) is 28.9 Å². The SMILES string of the molecule is C[C@H](NC(=O)N(C)CC(F)(F)F)c1nc(-c2ccccn2)no1. The largest absolute Gasteiger partial charge is 0.406 e. The molecule has 0 saturated carbocycles. The Hall–Kier alpha value is -2.65. The summed E-state index contributed by atoms with van der Waals surface area (Å²) in [6.45, 7) is 0.170. The first-order valence-electron chi connectivity index (χ1n) is 6.59. The number of urea groups is 1. The Morgan fingerprint density at radius 1 is 1.43 bits per heavy atom. The number of pyridine rings is 1. The molecule has 0 aliphatic carbocycles. The third kappa shape index (κ3) is 4.66. The molecule has 2 amide bonds. The lowest BCUT2D eigenvalue weighted by atomic mass is 10.3. The smallest absolute Gasteiger partial charge is 0.337 e. The third-order valence-corrected chi connectivity index (χ3v) is 2.81. The zero-order chi connectivity index (χ0) is 17.0. The quantitative estimate of drug-likeness (QED) is 0.931. The van der Waals surface area contributed by atoms with Gasteiger partial charge >= 0.3 is 12.2 Å². The van der Waals surface area contributed by atoms with Crippen LogP contribution < -0.4 is 5.32 Å². The third-order valence-electron chi connectivity index (χ3n) is 2.81. The standard InChI is InChI=1S/C13H14F3N5O2/c1-8(18-12(22)21(2)7-13(14,15)16)11-19-10(20-23-11)9-5-3-4-6-17-9/h3-6,8H,7H2,1-2H3,(H,18,22)/t8-/m0/s1. The molecule has 0 radical (unpaired) electrons. The molecule has 0 aromatic carbocycles. The first-order chi connectivity index (χ1) is 10.8. The van der Waals surface area contributed by atoms with Gasteiger partial charge in [0.05, 0.1) is 0 Å². The zero-order valence-corrected chi connectivity index (χ0v) is 12.3. The lowest BCUT2D eigenvalue weighted by Gasteiger charge is -2.20. The van der Waals surface area contributed by atoms with Crippen LogP contribution in [-0.2, 0) is 0 Å². The van der Waals surface area contributed by atoms with E-state index in [0.717, 1.165) is 7.05 Å². The number of rotatable bonds is 4. The molecule has 0 unspecified atom stereocenters. The van der Waals surface area contributed by atoms with Crippen LogP contribution in [0.2, 0.25) is 0 Å². The fourth-order valence-corrected chi connectivity index (χ4v) is 1.71. The minimum atomic E-state index is -4.47. The van der Waals surface area contributed by atoms with Gasteiger partial charge in [-0.2, -0.15) is 18.2 Å². The van der Waals surface area contributed by atoms with Crippen molar-refractivity contribution >= 4 is 6.03 Å². The maximum absolute atomic E-state index is 12.2. The average molecular weight is 329 g/mol. The predicted molar refractivity (Wildman–Crippen MR) is 73.2 cm³/mol. The molecule has 1 N–H and O–H groups in total.